The van der Waals surface area contributed by atoms with Gasteiger partial charge in [-0.25, -0.2) is 18.8 Å². The van der Waals surface area contributed by atoms with Crippen molar-refractivity contribution in [3.8, 4) is 5.75 Å². The summed E-state index contributed by atoms with van der Waals surface area (Å²) in [5.41, 5.74) is 3.99. The first-order valence-electron chi connectivity index (χ1n) is 13.1. The minimum absolute atomic E-state index is 0.175. The van der Waals surface area contributed by atoms with E-state index in [1.54, 1.807) is 36.4 Å². The second-order valence-electron chi connectivity index (χ2n) is 9.59. The van der Waals surface area contributed by atoms with Gasteiger partial charge in [0.2, 0.25) is 0 Å². The number of allylic oxidation sites excluding steroid dienone is 1. The minimum atomic E-state index is -0.667. The maximum absolute atomic E-state index is 15.4. The summed E-state index contributed by atoms with van der Waals surface area (Å²) in [4.78, 5) is 36.2. The first kappa shape index (κ1) is 28.5. The van der Waals surface area contributed by atoms with Crippen molar-refractivity contribution < 1.29 is 33.0 Å². The van der Waals surface area contributed by atoms with Gasteiger partial charge in [-0.05, 0) is 78.1 Å². The lowest BCUT2D eigenvalue weighted by atomic mass is 9.88. The van der Waals surface area contributed by atoms with Crippen molar-refractivity contribution in [1.82, 2.24) is 0 Å². The summed E-state index contributed by atoms with van der Waals surface area (Å²) in [6.07, 6.45) is 5.94. The Kier molecular flexibility index (Phi) is 8.94. The van der Waals surface area contributed by atoms with Gasteiger partial charge in [0.05, 0.1) is 5.56 Å². The summed E-state index contributed by atoms with van der Waals surface area (Å²) in [7, 11) is 0. The highest BCUT2D eigenvalue weighted by Gasteiger charge is 2.21. The van der Waals surface area contributed by atoms with Crippen LogP contribution < -0.4 is 4.74 Å². The van der Waals surface area contributed by atoms with E-state index in [2.05, 4.69) is 13.2 Å². The molecule has 0 saturated carbocycles. The van der Waals surface area contributed by atoms with Gasteiger partial charge in [0.1, 0.15) is 12.2 Å². The molecule has 0 N–H and O–H groups in total. The first-order valence-corrected chi connectivity index (χ1v) is 13.1. The zero-order valence-corrected chi connectivity index (χ0v) is 22.6. The van der Waals surface area contributed by atoms with E-state index in [1.807, 2.05) is 26.0 Å². The van der Waals surface area contributed by atoms with Crippen molar-refractivity contribution in [3.05, 3.63) is 114 Å². The molecule has 0 fully saturated rings. The Labute approximate surface area is 232 Å². The van der Waals surface area contributed by atoms with E-state index in [1.165, 1.54) is 6.07 Å². The number of hydrogen-bond donors (Lipinski definition) is 0. The molecule has 40 heavy (non-hydrogen) atoms. The van der Waals surface area contributed by atoms with Crippen LogP contribution in [-0.2, 0) is 31.9 Å². The van der Waals surface area contributed by atoms with E-state index in [4.69, 9.17) is 14.2 Å². The van der Waals surface area contributed by atoms with Crippen molar-refractivity contribution in [2.45, 2.75) is 51.7 Å². The maximum atomic E-state index is 15.4. The fourth-order valence-corrected chi connectivity index (χ4v) is 4.73. The largest absolute Gasteiger partial charge is 0.455 e. The summed E-state index contributed by atoms with van der Waals surface area (Å²) in [5.74, 6) is -2.49. The summed E-state index contributed by atoms with van der Waals surface area (Å²) in [6.45, 7) is 10.7. The number of hydrogen-bond acceptors (Lipinski definition) is 6. The number of halogens is 1. The van der Waals surface area contributed by atoms with Crippen LogP contribution in [0.1, 0.15) is 59.8 Å². The van der Waals surface area contributed by atoms with Crippen LogP contribution in [-0.4, -0.2) is 24.0 Å². The van der Waals surface area contributed by atoms with Crippen molar-refractivity contribution in [3.63, 3.8) is 0 Å². The van der Waals surface area contributed by atoms with Crippen molar-refractivity contribution in [1.29, 1.82) is 0 Å². The second-order valence-corrected chi connectivity index (χ2v) is 9.59. The minimum Gasteiger partial charge on any atom is -0.455 e. The quantitative estimate of drug-likeness (QED) is 0.120. The van der Waals surface area contributed by atoms with E-state index in [-0.39, 0.29) is 17.2 Å². The SMILES string of the molecule is C=CC(=O)OC(C)C1=CCc2cc(C(=O)Oc3ccc4cc(C(CCC)OC(=O)C=C)ccc4c3F)ccc2C1. The molecular formula is C33H31FO6. The van der Waals surface area contributed by atoms with Gasteiger partial charge < -0.3 is 14.2 Å². The predicted molar refractivity (Wildman–Crippen MR) is 150 cm³/mol. The number of carbonyl (C=O) groups excluding carboxylic acids is 3. The Balaban J connectivity index is 1.50. The summed E-state index contributed by atoms with van der Waals surface area (Å²) in [6, 6.07) is 13.4. The molecule has 1 aliphatic carbocycles. The van der Waals surface area contributed by atoms with Gasteiger partial charge in [0.15, 0.2) is 11.6 Å². The molecule has 0 radical (unpaired) electrons. The molecular weight excluding hydrogens is 511 g/mol. The summed E-state index contributed by atoms with van der Waals surface area (Å²) < 4.78 is 31.6. The number of benzene rings is 3. The Morgan fingerprint density at radius 2 is 1.73 bits per heavy atom. The highest BCUT2D eigenvalue weighted by atomic mass is 19.1. The highest BCUT2D eigenvalue weighted by Crippen LogP contribution is 2.32. The average molecular weight is 543 g/mol. The molecule has 3 aromatic carbocycles. The average Bonchev–Trinajstić information content (AvgIpc) is 2.97. The fourth-order valence-electron chi connectivity index (χ4n) is 4.73. The number of rotatable bonds is 10. The molecule has 2 atom stereocenters. The van der Waals surface area contributed by atoms with Gasteiger partial charge >= 0.3 is 17.9 Å². The van der Waals surface area contributed by atoms with E-state index in [0.29, 0.717) is 30.2 Å². The third kappa shape index (κ3) is 6.37. The van der Waals surface area contributed by atoms with Crippen LogP contribution in [0.4, 0.5) is 4.39 Å². The Morgan fingerprint density at radius 1 is 0.975 bits per heavy atom. The molecule has 0 bridgehead atoms. The van der Waals surface area contributed by atoms with E-state index < -0.39 is 29.8 Å². The molecule has 4 rings (SSSR count). The second kappa shape index (κ2) is 12.6. The Hall–Kier alpha value is -4.52. The number of fused-ring (bicyclic) bond motifs is 2. The number of esters is 3. The molecule has 0 amide bonds. The van der Waals surface area contributed by atoms with Gasteiger partial charge in [-0.1, -0.05) is 56.8 Å². The van der Waals surface area contributed by atoms with Crippen LogP contribution in [0.25, 0.3) is 10.8 Å². The predicted octanol–water partition coefficient (Wildman–Crippen LogP) is 6.91. The molecule has 6 nitrogen and oxygen atoms in total. The van der Waals surface area contributed by atoms with Gasteiger partial charge in [-0.2, -0.15) is 0 Å². The fraction of sp³-hybridized carbons (Fsp3) is 0.242. The van der Waals surface area contributed by atoms with E-state index in [9.17, 15) is 14.4 Å². The molecule has 3 aromatic rings. The molecule has 0 saturated heterocycles. The van der Waals surface area contributed by atoms with Crippen molar-refractivity contribution in [2.75, 3.05) is 0 Å². The zero-order chi connectivity index (χ0) is 28.8. The monoisotopic (exact) mass is 542 g/mol. The first-order chi connectivity index (χ1) is 19.2. The van der Waals surface area contributed by atoms with Crippen LogP contribution in [0.5, 0.6) is 5.75 Å². The van der Waals surface area contributed by atoms with Crippen LogP contribution in [0.15, 0.2) is 85.5 Å². The van der Waals surface area contributed by atoms with E-state index >= 15 is 4.39 Å². The third-order valence-corrected chi connectivity index (χ3v) is 6.90. The standard InChI is InChI=1S/C33H31FO6/c1-5-8-28(39-31(36)7-3)25-13-15-27-24(19-25)14-16-29(32(27)34)40-33(37)26-12-11-22-17-21(9-10-23(22)18-26)20(4)38-30(35)6-2/h6-7,9,11-16,18-20,28H,2-3,5,8,10,17H2,1,4H3. The normalized spacial score (nSPS) is 13.8. The summed E-state index contributed by atoms with van der Waals surface area (Å²) >= 11 is 0. The molecule has 7 heteroatoms. The molecule has 0 spiro atoms. The third-order valence-electron chi connectivity index (χ3n) is 6.90. The van der Waals surface area contributed by atoms with Gasteiger partial charge in [0.25, 0.3) is 0 Å². The van der Waals surface area contributed by atoms with Crippen molar-refractivity contribution in [2.24, 2.45) is 0 Å². The lowest BCUT2D eigenvalue weighted by Crippen LogP contribution is -2.20. The lowest BCUT2D eigenvalue weighted by molar-refractivity contribution is -0.144. The topological polar surface area (TPSA) is 78.9 Å². The van der Waals surface area contributed by atoms with Crippen LogP contribution in [0.2, 0.25) is 0 Å². The molecule has 0 aromatic heterocycles. The Morgan fingerprint density at radius 3 is 2.45 bits per heavy atom. The molecule has 206 valence electrons. The molecule has 1 aliphatic rings. The molecule has 2 unspecified atom stereocenters. The van der Waals surface area contributed by atoms with Gasteiger partial charge in [-0.3, -0.25) is 0 Å². The lowest BCUT2D eigenvalue weighted by Gasteiger charge is -2.22. The maximum Gasteiger partial charge on any atom is 0.343 e. The van der Waals surface area contributed by atoms with Crippen molar-refractivity contribution >= 4 is 28.7 Å². The van der Waals surface area contributed by atoms with Crippen LogP contribution in [0.3, 0.4) is 0 Å². The number of carbonyl (C=O) groups is 3. The van der Waals surface area contributed by atoms with Gasteiger partial charge in [-0.15, -0.1) is 0 Å². The Bertz CT molecular complexity index is 1520. The smallest absolute Gasteiger partial charge is 0.343 e. The van der Waals surface area contributed by atoms with Gasteiger partial charge in [0, 0.05) is 17.5 Å². The van der Waals surface area contributed by atoms with E-state index in [0.717, 1.165) is 40.8 Å². The molecule has 0 heterocycles. The van der Waals surface area contributed by atoms with Crippen LogP contribution >= 0.6 is 0 Å². The number of ether oxygens (including phenoxy) is 3. The molecule has 0 aliphatic heterocycles. The summed E-state index contributed by atoms with van der Waals surface area (Å²) in [5, 5.41) is 0.878. The van der Waals surface area contributed by atoms with Crippen LogP contribution in [0, 0.1) is 5.82 Å². The highest BCUT2D eigenvalue weighted by molar-refractivity contribution is 5.93. The zero-order valence-electron chi connectivity index (χ0n) is 22.6.